The average Bonchev–Trinajstić information content (AvgIpc) is 3.18. The van der Waals surface area contributed by atoms with Crippen LogP contribution < -0.4 is 5.73 Å². The van der Waals surface area contributed by atoms with Gasteiger partial charge in [0.1, 0.15) is 17.2 Å². The number of nitrogens with zero attached hydrogens (tertiary/aromatic N) is 6. The van der Waals surface area contributed by atoms with Gasteiger partial charge >= 0.3 is 0 Å². The molecule has 0 spiro atoms. The fraction of sp³-hybridized carbons (Fsp3) is 0.261. The maximum atomic E-state index is 11.5. The number of aryl methyl sites for hydroxylation is 1. The largest absolute Gasteiger partial charge is 0.366 e. The first-order valence-corrected chi connectivity index (χ1v) is 10.6. The standard InChI is InChI=1S/C23H21N7O/c24-19(31)8-7-15-16-3-1-10-25-23(16)26-13-17(15)22-21(27-20-4-2-11-29(20)22)18-9-12-30(28-18)14-5-6-14/h1,3,7-10,12-14H,2,4-6,11H2,(H2,24,31)/b8-7+. The van der Waals surface area contributed by atoms with Gasteiger partial charge in [0.15, 0.2) is 5.65 Å². The van der Waals surface area contributed by atoms with E-state index in [4.69, 9.17) is 15.8 Å². The van der Waals surface area contributed by atoms with Gasteiger partial charge in [-0.05, 0) is 49.1 Å². The van der Waals surface area contributed by atoms with Crippen molar-refractivity contribution < 1.29 is 4.79 Å². The number of aromatic nitrogens is 6. The number of hydrogen-bond donors (Lipinski definition) is 1. The van der Waals surface area contributed by atoms with Crippen molar-refractivity contribution in [3.63, 3.8) is 0 Å². The number of primary amides is 1. The Morgan fingerprint density at radius 1 is 1.23 bits per heavy atom. The van der Waals surface area contributed by atoms with Crippen LogP contribution in [0.4, 0.5) is 0 Å². The normalized spacial score (nSPS) is 15.7. The Balaban J connectivity index is 1.60. The molecule has 2 N–H and O–H groups in total. The highest BCUT2D eigenvalue weighted by molar-refractivity contribution is 5.99. The molecule has 0 radical (unpaired) electrons. The lowest BCUT2D eigenvalue weighted by Gasteiger charge is -2.12. The summed E-state index contributed by atoms with van der Waals surface area (Å²) in [4.78, 5) is 25.5. The summed E-state index contributed by atoms with van der Waals surface area (Å²) in [6, 6.07) is 6.38. The monoisotopic (exact) mass is 411 g/mol. The van der Waals surface area contributed by atoms with E-state index >= 15 is 0 Å². The number of imidazole rings is 1. The van der Waals surface area contributed by atoms with E-state index in [1.807, 2.05) is 35.3 Å². The molecule has 4 aromatic rings. The van der Waals surface area contributed by atoms with Gasteiger partial charge in [-0.3, -0.25) is 9.48 Å². The zero-order valence-electron chi connectivity index (χ0n) is 16.9. The van der Waals surface area contributed by atoms with Crippen molar-refractivity contribution in [1.29, 1.82) is 0 Å². The van der Waals surface area contributed by atoms with E-state index in [9.17, 15) is 4.79 Å². The Labute approximate surface area is 178 Å². The van der Waals surface area contributed by atoms with Crippen molar-refractivity contribution in [3.05, 3.63) is 54.3 Å². The highest BCUT2D eigenvalue weighted by atomic mass is 16.1. The number of fused-ring (bicyclic) bond motifs is 2. The molecule has 154 valence electrons. The number of hydrogen-bond acceptors (Lipinski definition) is 5. The van der Waals surface area contributed by atoms with Crippen LogP contribution in [0.3, 0.4) is 0 Å². The lowest BCUT2D eigenvalue weighted by molar-refractivity contribution is -0.113. The molecule has 0 unspecified atom stereocenters. The molecule has 1 saturated carbocycles. The number of carbonyl (C=O) groups excluding carboxylic acids is 1. The SMILES string of the molecule is NC(=O)/C=C/c1c(-c2c(-c3ccn(C4CC4)n3)nc3n2CCC3)cnc2ncccc12. The Morgan fingerprint density at radius 2 is 2.13 bits per heavy atom. The predicted molar refractivity (Wildman–Crippen MR) is 117 cm³/mol. The summed E-state index contributed by atoms with van der Waals surface area (Å²) < 4.78 is 4.30. The number of carbonyl (C=O) groups is 1. The van der Waals surface area contributed by atoms with Crippen molar-refractivity contribution in [3.8, 4) is 22.6 Å². The molecule has 4 aromatic heterocycles. The maximum Gasteiger partial charge on any atom is 0.241 e. The van der Waals surface area contributed by atoms with Crippen LogP contribution in [0.25, 0.3) is 39.8 Å². The minimum Gasteiger partial charge on any atom is -0.366 e. The number of pyridine rings is 2. The lowest BCUT2D eigenvalue weighted by atomic mass is 10.00. The number of amides is 1. The van der Waals surface area contributed by atoms with E-state index in [0.717, 1.165) is 58.8 Å². The van der Waals surface area contributed by atoms with E-state index in [-0.39, 0.29) is 0 Å². The van der Waals surface area contributed by atoms with Gasteiger partial charge in [-0.2, -0.15) is 5.10 Å². The van der Waals surface area contributed by atoms with Crippen LogP contribution in [0.5, 0.6) is 0 Å². The highest BCUT2D eigenvalue weighted by Crippen LogP contribution is 2.40. The van der Waals surface area contributed by atoms with Gasteiger partial charge in [-0.15, -0.1) is 0 Å². The Kier molecular flexibility index (Phi) is 3.99. The van der Waals surface area contributed by atoms with Gasteiger partial charge in [0.25, 0.3) is 0 Å². The first-order chi connectivity index (χ1) is 15.2. The quantitative estimate of drug-likeness (QED) is 0.508. The van der Waals surface area contributed by atoms with Crippen molar-refractivity contribution in [1.82, 2.24) is 29.3 Å². The fourth-order valence-corrected chi connectivity index (χ4v) is 4.37. The first kappa shape index (κ1) is 18.0. The highest BCUT2D eigenvalue weighted by Gasteiger charge is 2.28. The molecule has 5 heterocycles. The summed E-state index contributed by atoms with van der Waals surface area (Å²) in [6.07, 6.45) is 13.1. The van der Waals surface area contributed by atoms with Gasteiger partial charge in [0.2, 0.25) is 5.91 Å². The molecule has 0 atom stereocenters. The summed E-state index contributed by atoms with van der Waals surface area (Å²) >= 11 is 0. The second-order valence-corrected chi connectivity index (χ2v) is 8.09. The van der Waals surface area contributed by atoms with Gasteiger partial charge in [0.05, 0.1) is 11.7 Å². The molecule has 6 rings (SSSR count). The third kappa shape index (κ3) is 3.02. The average molecular weight is 411 g/mol. The van der Waals surface area contributed by atoms with Crippen LogP contribution in [0.15, 0.2) is 42.9 Å². The lowest BCUT2D eigenvalue weighted by Crippen LogP contribution is -2.05. The van der Waals surface area contributed by atoms with Crippen molar-refractivity contribution in [2.75, 3.05) is 0 Å². The first-order valence-electron chi connectivity index (χ1n) is 10.6. The third-order valence-electron chi connectivity index (χ3n) is 5.95. The van der Waals surface area contributed by atoms with E-state index in [0.29, 0.717) is 11.7 Å². The van der Waals surface area contributed by atoms with Crippen molar-refractivity contribution in [2.24, 2.45) is 5.73 Å². The Morgan fingerprint density at radius 3 is 2.97 bits per heavy atom. The molecule has 0 saturated heterocycles. The Hall–Kier alpha value is -3.81. The smallest absolute Gasteiger partial charge is 0.241 e. The molecule has 1 amide bonds. The molecular formula is C23H21N7O. The van der Waals surface area contributed by atoms with Crippen molar-refractivity contribution in [2.45, 2.75) is 38.3 Å². The van der Waals surface area contributed by atoms with Crippen LogP contribution in [-0.4, -0.2) is 35.2 Å². The second-order valence-electron chi connectivity index (χ2n) is 8.09. The molecule has 2 aliphatic rings. The van der Waals surface area contributed by atoms with E-state index in [2.05, 4.69) is 14.5 Å². The molecule has 31 heavy (non-hydrogen) atoms. The summed E-state index contributed by atoms with van der Waals surface area (Å²) in [7, 11) is 0. The van der Waals surface area contributed by atoms with E-state index < -0.39 is 5.91 Å². The molecule has 8 nitrogen and oxygen atoms in total. The summed E-state index contributed by atoms with van der Waals surface area (Å²) in [5.41, 5.74) is 10.5. The molecule has 1 fully saturated rings. The topological polar surface area (TPSA) is 105 Å². The van der Waals surface area contributed by atoms with Crippen LogP contribution in [0, 0.1) is 0 Å². The molecular weight excluding hydrogens is 390 g/mol. The van der Waals surface area contributed by atoms with E-state index in [1.165, 1.54) is 18.9 Å². The van der Waals surface area contributed by atoms with Crippen LogP contribution in [0.2, 0.25) is 0 Å². The van der Waals surface area contributed by atoms with Crippen molar-refractivity contribution >= 4 is 23.0 Å². The maximum absolute atomic E-state index is 11.5. The number of nitrogens with two attached hydrogens (primary N) is 1. The van der Waals surface area contributed by atoms with Gasteiger partial charge in [0, 0.05) is 48.6 Å². The van der Waals surface area contributed by atoms with Gasteiger partial charge in [-0.25, -0.2) is 15.0 Å². The van der Waals surface area contributed by atoms with E-state index in [1.54, 1.807) is 12.3 Å². The summed E-state index contributed by atoms with van der Waals surface area (Å²) in [6.45, 7) is 0.894. The molecule has 0 aromatic carbocycles. The van der Waals surface area contributed by atoms with Gasteiger partial charge < -0.3 is 10.3 Å². The van der Waals surface area contributed by atoms with Gasteiger partial charge in [-0.1, -0.05) is 0 Å². The molecule has 0 bridgehead atoms. The second kappa shape index (κ2) is 6.87. The van der Waals surface area contributed by atoms with Crippen LogP contribution >= 0.6 is 0 Å². The molecule has 1 aliphatic heterocycles. The zero-order valence-corrected chi connectivity index (χ0v) is 16.9. The minimum atomic E-state index is -0.498. The zero-order chi connectivity index (χ0) is 20.9. The number of rotatable bonds is 5. The molecule has 8 heteroatoms. The predicted octanol–water partition coefficient (Wildman–Crippen LogP) is 3.14. The molecule has 1 aliphatic carbocycles. The fourth-order valence-electron chi connectivity index (χ4n) is 4.37. The van der Waals surface area contributed by atoms with Crippen LogP contribution in [0.1, 0.15) is 36.7 Å². The summed E-state index contributed by atoms with van der Waals surface area (Å²) in [5, 5.41) is 5.69. The third-order valence-corrected chi connectivity index (χ3v) is 5.95. The Bertz CT molecular complexity index is 1360. The minimum absolute atomic E-state index is 0.498. The van der Waals surface area contributed by atoms with Crippen LogP contribution in [-0.2, 0) is 17.8 Å². The summed E-state index contributed by atoms with van der Waals surface area (Å²) in [5.74, 6) is 0.559.